The van der Waals surface area contributed by atoms with Crippen molar-refractivity contribution in [2.45, 2.75) is 0 Å². The zero-order valence-corrected chi connectivity index (χ0v) is 7.81. The van der Waals surface area contributed by atoms with Crippen LogP contribution in [-0.4, -0.2) is 4.98 Å². The van der Waals surface area contributed by atoms with Crippen LogP contribution in [0.2, 0.25) is 0 Å². The van der Waals surface area contributed by atoms with Gasteiger partial charge in [0.2, 0.25) is 0 Å². The topological polar surface area (TPSA) is 43.1 Å². The normalized spacial score (nSPS) is 10.9. The van der Waals surface area contributed by atoms with Crippen LogP contribution in [0.3, 0.4) is 0 Å². The van der Waals surface area contributed by atoms with E-state index in [4.69, 9.17) is 4.42 Å². The molecule has 0 aliphatic rings. The van der Waals surface area contributed by atoms with E-state index in [1.54, 1.807) is 12.3 Å². The fourth-order valence-electron chi connectivity index (χ4n) is 1.72. The lowest BCUT2D eigenvalue weighted by atomic mass is 10.1. The van der Waals surface area contributed by atoms with Crippen LogP contribution >= 0.6 is 0 Å². The molecule has 0 amide bonds. The third-order valence-corrected chi connectivity index (χ3v) is 2.42. The van der Waals surface area contributed by atoms with Crippen LogP contribution in [0.4, 0.5) is 0 Å². The maximum atomic E-state index is 11.6. The highest BCUT2D eigenvalue weighted by Crippen LogP contribution is 2.20. The van der Waals surface area contributed by atoms with Crippen LogP contribution in [0.25, 0.3) is 21.7 Å². The van der Waals surface area contributed by atoms with Gasteiger partial charge in [-0.05, 0) is 12.1 Å². The molecule has 0 aliphatic carbocycles. The van der Waals surface area contributed by atoms with Crippen LogP contribution in [0.15, 0.2) is 51.9 Å². The van der Waals surface area contributed by atoms with Crippen molar-refractivity contribution < 1.29 is 4.42 Å². The van der Waals surface area contributed by atoms with E-state index in [0.29, 0.717) is 11.0 Å². The first-order chi connectivity index (χ1) is 7.36. The predicted molar refractivity (Wildman–Crippen MR) is 57.8 cm³/mol. The summed E-state index contributed by atoms with van der Waals surface area (Å²) in [6.45, 7) is 0. The summed E-state index contributed by atoms with van der Waals surface area (Å²) in [5, 5.41) is 2.35. The minimum absolute atomic E-state index is 0.336. The van der Waals surface area contributed by atoms with Gasteiger partial charge in [0.05, 0.1) is 5.39 Å². The summed E-state index contributed by atoms with van der Waals surface area (Å²) < 4.78 is 5.18. The van der Waals surface area contributed by atoms with Crippen molar-refractivity contribution in [1.29, 1.82) is 0 Å². The highest BCUT2D eigenvalue weighted by Gasteiger charge is 2.05. The summed E-state index contributed by atoms with van der Waals surface area (Å²) in [6, 6.07) is 9.31. The number of pyridine rings is 1. The number of hydrogen-bond donors (Lipinski definition) is 0. The maximum absolute atomic E-state index is 11.6. The van der Waals surface area contributed by atoms with Crippen molar-refractivity contribution in [3.8, 4) is 0 Å². The van der Waals surface area contributed by atoms with E-state index in [2.05, 4.69) is 4.98 Å². The Morgan fingerprint density at radius 2 is 1.87 bits per heavy atom. The summed E-state index contributed by atoms with van der Waals surface area (Å²) in [7, 11) is 0. The number of nitrogens with zero attached hydrogens (tertiary/aromatic N) is 1. The Morgan fingerprint density at radius 1 is 1.00 bits per heavy atom. The number of rotatable bonds is 0. The Balaban J connectivity index is 2.70. The molecule has 0 aliphatic heterocycles. The molecule has 3 aromatic rings. The lowest BCUT2D eigenvalue weighted by Crippen LogP contribution is -1.99. The third kappa shape index (κ3) is 1.13. The monoisotopic (exact) mass is 197 g/mol. The number of para-hydroxylation sites is 1. The molecule has 3 heteroatoms. The van der Waals surface area contributed by atoms with Gasteiger partial charge in [0, 0.05) is 23.2 Å². The number of benzene rings is 1. The second-order valence-electron chi connectivity index (χ2n) is 3.31. The van der Waals surface area contributed by atoms with Gasteiger partial charge in [-0.25, -0.2) is 4.79 Å². The summed E-state index contributed by atoms with van der Waals surface area (Å²) in [5.41, 5.74) is 0.276. The van der Waals surface area contributed by atoms with E-state index in [1.165, 1.54) is 6.20 Å². The molecule has 0 atom stereocenters. The van der Waals surface area contributed by atoms with Crippen molar-refractivity contribution >= 4 is 21.7 Å². The smallest absolute Gasteiger partial charge is 0.345 e. The van der Waals surface area contributed by atoms with Crippen LogP contribution < -0.4 is 5.63 Å². The van der Waals surface area contributed by atoms with Crippen LogP contribution in [0, 0.1) is 0 Å². The van der Waals surface area contributed by atoms with E-state index in [-0.39, 0.29) is 5.63 Å². The van der Waals surface area contributed by atoms with Crippen molar-refractivity contribution in [2.75, 3.05) is 0 Å². The van der Waals surface area contributed by atoms with Crippen molar-refractivity contribution in [2.24, 2.45) is 0 Å². The van der Waals surface area contributed by atoms with Gasteiger partial charge in [0.15, 0.2) is 0 Å². The van der Waals surface area contributed by atoms with Crippen LogP contribution in [0.1, 0.15) is 0 Å². The molecule has 15 heavy (non-hydrogen) atoms. The standard InChI is InChI=1S/C12H7NO2/c14-12-10-7-13-6-5-8(10)9-3-1-2-4-11(9)15-12/h1-7H. The summed E-state index contributed by atoms with van der Waals surface area (Å²) in [5.74, 6) is 0. The highest BCUT2D eigenvalue weighted by molar-refractivity contribution is 6.03. The first-order valence-electron chi connectivity index (χ1n) is 4.62. The van der Waals surface area contributed by atoms with E-state index in [1.807, 2.05) is 24.3 Å². The fraction of sp³-hybridized carbons (Fsp3) is 0. The third-order valence-electron chi connectivity index (χ3n) is 2.42. The Bertz CT molecular complexity index is 700. The van der Waals surface area contributed by atoms with Gasteiger partial charge in [0.1, 0.15) is 5.58 Å². The largest absolute Gasteiger partial charge is 0.422 e. The predicted octanol–water partition coefficient (Wildman–Crippen LogP) is 2.34. The average molecular weight is 197 g/mol. The molecule has 2 heterocycles. The van der Waals surface area contributed by atoms with Gasteiger partial charge in [0.25, 0.3) is 0 Å². The first kappa shape index (κ1) is 8.17. The molecule has 0 bridgehead atoms. The quantitative estimate of drug-likeness (QED) is 0.410. The molecule has 0 spiro atoms. The molecule has 0 saturated heterocycles. The highest BCUT2D eigenvalue weighted by atomic mass is 16.4. The Labute approximate surface area is 85.0 Å². The second-order valence-corrected chi connectivity index (χ2v) is 3.31. The summed E-state index contributed by atoms with van der Waals surface area (Å²) in [6.07, 6.45) is 3.21. The van der Waals surface area contributed by atoms with Crippen LogP contribution in [0.5, 0.6) is 0 Å². The van der Waals surface area contributed by atoms with E-state index >= 15 is 0 Å². The lowest BCUT2D eigenvalue weighted by molar-refractivity contribution is 0.569. The molecule has 3 nitrogen and oxygen atoms in total. The number of fused-ring (bicyclic) bond motifs is 3. The Kier molecular flexibility index (Phi) is 1.59. The molecule has 0 radical (unpaired) electrons. The van der Waals surface area contributed by atoms with Gasteiger partial charge in [-0.3, -0.25) is 4.98 Å². The molecule has 3 rings (SSSR count). The molecule has 1 aromatic carbocycles. The van der Waals surface area contributed by atoms with E-state index in [9.17, 15) is 4.79 Å². The van der Waals surface area contributed by atoms with Crippen molar-refractivity contribution in [1.82, 2.24) is 4.98 Å². The van der Waals surface area contributed by atoms with E-state index < -0.39 is 0 Å². The number of aromatic nitrogens is 1. The SMILES string of the molecule is O=c1oc2ccccc2c2ccncc12. The van der Waals surface area contributed by atoms with Gasteiger partial charge < -0.3 is 4.42 Å². The molecular weight excluding hydrogens is 190 g/mol. The minimum atomic E-state index is -0.336. The maximum Gasteiger partial charge on any atom is 0.345 e. The Morgan fingerprint density at radius 3 is 2.80 bits per heavy atom. The van der Waals surface area contributed by atoms with Crippen LogP contribution in [-0.2, 0) is 0 Å². The zero-order valence-electron chi connectivity index (χ0n) is 7.81. The summed E-state index contributed by atoms with van der Waals surface area (Å²) in [4.78, 5) is 15.5. The van der Waals surface area contributed by atoms with Gasteiger partial charge in [-0.2, -0.15) is 0 Å². The molecule has 2 aromatic heterocycles. The molecule has 0 unspecified atom stereocenters. The second kappa shape index (κ2) is 2.92. The molecule has 0 saturated carbocycles. The minimum Gasteiger partial charge on any atom is -0.422 e. The summed E-state index contributed by atoms with van der Waals surface area (Å²) >= 11 is 0. The fourth-order valence-corrected chi connectivity index (χ4v) is 1.72. The Hall–Kier alpha value is -2.16. The van der Waals surface area contributed by atoms with Gasteiger partial charge in [-0.1, -0.05) is 18.2 Å². The lowest BCUT2D eigenvalue weighted by Gasteiger charge is -2.00. The van der Waals surface area contributed by atoms with Crippen molar-refractivity contribution in [3.05, 3.63) is 53.1 Å². The molecule has 72 valence electrons. The van der Waals surface area contributed by atoms with E-state index in [0.717, 1.165) is 10.8 Å². The zero-order chi connectivity index (χ0) is 10.3. The van der Waals surface area contributed by atoms with Crippen molar-refractivity contribution in [3.63, 3.8) is 0 Å². The molecule has 0 fully saturated rings. The molecule has 0 N–H and O–H groups in total. The molecular formula is C12H7NO2. The average Bonchev–Trinajstić information content (AvgIpc) is 2.30. The van der Waals surface area contributed by atoms with Gasteiger partial charge in [-0.15, -0.1) is 0 Å². The number of hydrogen-bond acceptors (Lipinski definition) is 3. The van der Waals surface area contributed by atoms with Gasteiger partial charge >= 0.3 is 5.63 Å². The first-order valence-corrected chi connectivity index (χ1v) is 4.62.